The van der Waals surface area contributed by atoms with Crippen LogP contribution in [0.15, 0.2) is 41.0 Å². The molecule has 0 atom stereocenters. The van der Waals surface area contributed by atoms with E-state index in [0.717, 1.165) is 10.0 Å². The third-order valence-electron chi connectivity index (χ3n) is 2.12. The minimum Gasteiger partial charge on any atom is -0.437 e. The van der Waals surface area contributed by atoms with Crippen molar-refractivity contribution in [3.05, 3.63) is 46.6 Å². The number of rotatable bonds is 2. The van der Waals surface area contributed by atoms with E-state index < -0.39 is 0 Å². The highest BCUT2D eigenvalue weighted by Gasteiger charge is 2.06. The minimum atomic E-state index is 0.591. The number of halogens is 1. The Hall–Kier alpha value is -1.55. The Morgan fingerprint density at radius 1 is 1.31 bits per heavy atom. The Kier molecular flexibility index (Phi) is 3.10. The van der Waals surface area contributed by atoms with Gasteiger partial charge in [0, 0.05) is 23.5 Å². The summed E-state index contributed by atoms with van der Waals surface area (Å²) in [6.45, 7) is 1.95. The summed E-state index contributed by atoms with van der Waals surface area (Å²) in [7, 11) is 0. The van der Waals surface area contributed by atoms with E-state index in [1.165, 1.54) is 0 Å². The lowest BCUT2D eigenvalue weighted by Crippen LogP contribution is -1.93. The molecule has 0 amide bonds. The van der Waals surface area contributed by atoms with E-state index in [0.29, 0.717) is 17.3 Å². The van der Waals surface area contributed by atoms with Crippen LogP contribution in [0.4, 0.5) is 5.69 Å². The molecule has 0 aliphatic heterocycles. The smallest absolute Gasteiger partial charge is 0.222 e. The number of nitrogens with two attached hydrogens (primary N) is 1. The van der Waals surface area contributed by atoms with Crippen LogP contribution in [0.3, 0.4) is 0 Å². The van der Waals surface area contributed by atoms with E-state index in [9.17, 15) is 0 Å². The highest BCUT2D eigenvalue weighted by molar-refractivity contribution is 9.10. The first-order chi connectivity index (χ1) is 7.66. The molecule has 0 aliphatic carbocycles. The van der Waals surface area contributed by atoms with Gasteiger partial charge in [0.1, 0.15) is 5.75 Å². The lowest BCUT2D eigenvalue weighted by molar-refractivity contribution is 0.456. The van der Waals surface area contributed by atoms with Crippen molar-refractivity contribution in [2.45, 2.75) is 6.92 Å². The van der Waals surface area contributed by atoms with Gasteiger partial charge in [-0.15, -0.1) is 0 Å². The van der Waals surface area contributed by atoms with Crippen LogP contribution in [0.5, 0.6) is 11.6 Å². The largest absolute Gasteiger partial charge is 0.437 e. The maximum atomic E-state index is 5.70. The molecule has 4 heteroatoms. The molecular weight excluding hydrogens is 268 g/mol. The van der Waals surface area contributed by atoms with Crippen LogP contribution in [0.2, 0.25) is 0 Å². The molecule has 0 saturated heterocycles. The lowest BCUT2D eigenvalue weighted by Gasteiger charge is -2.09. The summed E-state index contributed by atoms with van der Waals surface area (Å²) in [6, 6.07) is 9.24. The minimum absolute atomic E-state index is 0.591. The number of aryl methyl sites for hydroxylation is 1. The molecule has 1 heterocycles. The average Bonchev–Trinajstić information content (AvgIpc) is 2.27. The Labute approximate surface area is 102 Å². The molecule has 0 unspecified atom stereocenters. The molecule has 0 fully saturated rings. The average molecular weight is 279 g/mol. The van der Waals surface area contributed by atoms with E-state index in [4.69, 9.17) is 10.5 Å². The van der Waals surface area contributed by atoms with Crippen LogP contribution in [0.25, 0.3) is 0 Å². The summed E-state index contributed by atoms with van der Waals surface area (Å²) in [5, 5.41) is 0. The molecule has 16 heavy (non-hydrogen) atoms. The maximum Gasteiger partial charge on any atom is 0.222 e. The second kappa shape index (κ2) is 4.53. The molecule has 2 rings (SSSR count). The van der Waals surface area contributed by atoms with Gasteiger partial charge in [-0.2, -0.15) is 0 Å². The Morgan fingerprint density at radius 3 is 2.88 bits per heavy atom. The summed E-state index contributed by atoms with van der Waals surface area (Å²) < 4.78 is 6.54. The van der Waals surface area contributed by atoms with Crippen molar-refractivity contribution in [3.63, 3.8) is 0 Å². The van der Waals surface area contributed by atoms with E-state index in [1.807, 2.05) is 31.2 Å². The lowest BCUT2D eigenvalue weighted by atomic mass is 10.3. The van der Waals surface area contributed by atoms with Gasteiger partial charge < -0.3 is 10.5 Å². The topological polar surface area (TPSA) is 48.1 Å². The number of pyridine rings is 1. The molecule has 1 aromatic heterocycles. The fourth-order valence-electron chi connectivity index (χ4n) is 1.28. The molecule has 0 radical (unpaired) electrons. The first kappa shape index (κ1) is 11.0. The molecule has 3 nitrogen and oxygen atoms in total. The SMILES string of the molecule is Cc1cccnc1Oc1cc(N)ccc1Br. The first-order valence-corrected chi connectivity index (χ1v) is 5.60. The Bertz CT molecular complexity index is 514. The van der Waals surface area contributed by atoms with Crippen molar-refractivity contribution < 1.29 is 4.74 Å². The fourth-order valence-corrected chi connectivity index (χ4v) is 1.61. The van der Waals surface area contributed by atoms with Gasteiger partial charge in [0.15, 0.2) is 0 Å². The maximum absolute atomic E-state index is 5.70. The van der Waals surface area contributed by atoms with Crippen LogP contribution in [-0.4, -0.2) is 4.98 Å². The number of nitrogens with zero attached hydrogens (tertiary/aromatic N) is 1. The summed E-state index contributed by atoms with van der Waals surface area (Å²) >= 11 is 3.40. The zero-order valence-electron chi connectivity index (χ0n) is 8.77. The normalized spacial score (nSPS) is 10.1. The van der Waals surface area contributed by atoms with Gasteiger partial charge in [0.25, 0.3) is 0 Å². The molecule has 0 aliphatic rings. The summed E-state index contributed by atoms with van der Waals surface area (Å²) in [6.07, 6.45) is 1.70. The molecule has 2 aromatic rings. The van der Waals surface area contributed by atoms with Crippen LogP contribution in [0, 0.1) is 6.92 Å². The number of benzene rings is 1. The second-order valence-electron chi connectivity index (χ2n) is 3.42. The number of nitrogen functional groups attached to an aromatic ring is 1. The monoisotopic (exact) mass is 278 g/mol. The molecule has 1 aromatic carbocycles. The van der Waals surface area contributed by atoms with Gasteiger partial charge in [0.05, 0.1) is 4.47 Å². The zero-order valence-corrected chi connectivity index (χ0v) is 10.4. The van der Waals surface area contributed by atoms with E-state index in [2.05, 4.69) is 20.9 Å². The van der Waals surface area contributed by atoms with Crippen LogP contribution < -0.4 is 10.5 Å². The Morgan fingerprint density at radius 2 is 2.12 bits per heavy atom. The van der Waals surface area contributed by atoms with Gasteiger partial charge in [-0.05, 0) is 41.1 Å². The van der Waals surface area contributed by atoms with Gasteiger partial charge in [-0.3, -0.25) is 0 Å². The fraction of sp³-hybridized carbons (Fsp3) is 0.0833. The molecule has 0 saturated carbocycles. The van der Waals surface area contributed by atoms with Gasteiger partial charge >= 0.3 is 0 Å². The van der Waals surface area contributed by atoms with Crippen LogP contribution in [-0.2, 0) is 0 Å². The number of anilines is 1. The van der Waals surface area contributed by atoms with Crippen LogP contribution >= 0.6 is 15.9 Å². The molecule has 82 valence electrons. The highest BCUT2D eigenvalue weighted by atomic mass is 79.9. The van der Waals surface area contributed by atoms with Gasteiger partial charge in [-0.25, -0.2) is 4.98 Å². The van der Waals surface area contributed by atoms with Crippen molar-refractivity contribution in [2.75, 3.05) is 5.73 Å². The summed E-state index contributed by atoms with van der Waals surface area (Å²) in [5.74, 6) is 1.26. The van der Waals surface area contributed by atoms with Gasteiger partial charge in [-0.1, -0.05) is 6.07 Å². The Balaban J connectivity index is 2.34. The summed E-state index contributed by atoms with van der Waals surface area (Å²) in [5.41, 5.74) is 7.34. The van der Waals surface area contributed by atoms with E-state index >= 15 is 0 Å². The predicted molar refractivity (Wildman–Crippen MR) is 67.6 cm³/mol. The predicted octanol–water partition coefficient (Wildman–Crippen LogP) is 3.53. The zero-order chi connectivity index (χ0) is 11.5. The van der Waals surface area contributed by atoms with Gasteiger partial charge in [0.2, 0.25) is 5.88 Å². The number of ether oxygens (including phenoxy) is 1. The van der Waals surface area contributed by atoms with Crippen LogP contribution in [0.1, 0.15) is 5.56 Å². The number of hydrogen-bond donors (Lipinski definition) is 1. The number of hydrogen-bond acceptors (Lipinski definition) is 3. The second-order valence-corrected chi connectivity index (χ2v) is 4.27. The van der Waals surface area contributed by atoms with E-state index in [-0.39, 0.29) is 0 Å². The quantitative estimate of drug-likeness (QED) is 0.855. The van der Waals surface area contributed by atoms with Crippen molar-refractivity contribution >= 4 is 21.6 Å². The standard InChI is InChI=1S/C12H11BrN2O/c1-8-3-2-6-15-12(8)16-11-7-9(14)4-5-10(11)13/h2-7H,14H2,1H3. The first-order valence-electron chi connectivity index (χ1n) is 4.81. The summed E-state index contributed by atoms with van der Waals surface area (Å²) in [4.78, 5) is 4.16. The van der Waals surface area contributed by atoms with E-state index in [1.54, 1.807) is 12.3 Å². The molecule has 0 spiro atoms. The number of aromatic nitrogens is 1. The van der Waals surface area contributed by atoms with Crippen molar-refractivity contribution in [1.29, 1.82) is 0 Å². The third-order valence-corrected chi connectivity index (χ3v) is 2.78. The molecule has 0 bridgehead atoms. The molecule has 2 N–H and O–H groups in total. The third kappa shape index (κ3) is 2.33. The van der Waals surface area contributed by atoms with Crippen molar-refractivity contribution in [2.24, 2.45) is 0 Å². The van der Waals surface area contributed by atoms with Crippen molar-refractivity contribution in [1.82, 2.24) is 4.98 Å². The van der Waals surface area contributed by atoms with Crippen molar-refractivity contribution in [3.8, 4) is 11.6 Å². The highest BCUT2D eigenvalue weighted by Crippen LogP contribution is 2.31. The molecular formula is C12H11BrN2O.